The van der Waals surface area contributed by atoms with E-state index in [4.69, 9.17) is 15.5 Å². The highest BCUT2D eigenvalue weighted by Gasteiger charge is 2.45. The Hall–Kier alpha value is -3.02. The van der Waals surface area contributed by atoms with Gasteiger partial charge < -0.3 is 26.2 Å². The molecule has 0 spiro atoms. The number of aliphatic hydroxyl groups is 1. The van der Waals surface area contributed by atoms with Crippen molar-refractivity contribution in [2.24, 2.45) is 0 Å². The number of aliphatic hydroxyl groups excluding tert-OH is 1. The Morgan fingerprint density at radius 2 is 2.18 bits per heavy atom. The van der Waals surface area contributed by atoms with Gasteiger partial charge in [0.2, 0.25) is 5.95 Å². The van der Waals surface area contributed by atoms with E-state index < -0.39 is 0 Å². The lowest BCUT2D eigenvalue weighted by atomic mass is 9.88. The number of anilines is 2. The number of hydrogen-bond acceptors (Lipinski definition) is 10. The van der Waals surface area contributed by atoms with Crippen LogP contribution in [-0.2, 0) is 13.1 Å². The number of nitrogens with zero attached hydrogens (tertiary/aromatic N) is 6. The molecule has 11 heteroatoms. The van der Waals surface area contributed by atoms with Gasteiger partial charge in [-0.3, -0.25) is 14.6 Å². The third kappa shape index (κ3) is 4.38. The smallest absolute Gasteiger partial charge is 0.222 e. The van der Waals surface area contributed by atoms with Crippen LogP contribution in [0.4, 0.5) is 11.8 Å². The molecule has 5 heterocycles. The Labute approximate surface area is 198 Å². The number of fused-ring (bicyclic) bond motifs is 2. The fourth-order valence-electron chi connectivity index (χ4n) is 4.89. The molecule has 2 aliphatic heterocycles. The summed E-state index contributed by atoms with van der Waals surface area (Å²) >= 11 is 0. The first kappa shape index (κ1) is 22.8. The molecule has 5 N–H and O–H groups in total. The van der Waals surface area contributed by atoms with E-state index in [1.165, 1.54) is 0 Å². The molecule has 0 aromatic carbocycles. The van der Waals surface area contributed by atoms with Crippen molar-refractivity contribution in [1.29, 1.82) is 0 Å². The van der Waals surface area contributed by atoms with Gasteiger partial charge in [0.25, 0.3) is 0 Å². The molecule has 2 saturated heterocycles. The summed E-state index contributed by atoms with van der Waals surface area (Å²) in [6, 6.07) is 3.40. The second-order valence-electron chi connectivity index (χ2n) is 9.11. The van der Waals surface area contributed by atoms with Crippen LogP contribution in [-0.4, -0.2) is 79.7 Å². The lowest BCUT2D eigenvalue weighted by Crippen LogP contribution is -2.77. The third-order valence-electron chi connectivity index (χ3n) is 6.82. The Balaban J connectivity index is 1.39. The van der Waals surface area contributed by atoms with E-state index >= 15 is 0 Å². The number of hydrogen-bond donors (Lipinski definition) is 4. The van der Waals surface area contributed by atoms with Gasteiger partial charge >= 0.3 is 0 Å². The number of nitrogens with one attached hydrogen (secondary N) is 2. The summed E-state index contributed by atoms with van der Waals surface area (Å²) in [5.41, 5.74) is 9.32. The van der Waals surface area contributed by atoms with Gasteiger partial charge in [-0.05, 0) is 12.8 Å². The quantitative estimate of drug-likeness (QED) is 0.323. The highest BCUT2D eigenvalue weighted by molar-refractivity contribution is 5.86. The molecule has 5 rings (SSSR count). The van der Waals surface area contributed by atoms with Crippen LogP contribution in [0.1, 0.15) is 37.4 Å². The van der Waals surface area contributed by atoms with E-state index in [-0.39, 0.29) is 18.6 Å². The van der Waals surface area contributed by atoms with Gasteiger partial charge in [0.05, 0.1) is 25.5 Å². The summed E-state index contributed by atoms with van der Waals surface area (Å²) in [6.07, 6.45) is 6.09. The van der Waals surface area contributed by atoms with Crippen LogP contribution >= 0.6 is 0 Å². The highest BCUT2D eigenvalue weighted by Crippen LogP contribution is 2.29. The fourth-order valence-corrected chi connectivity index (χ4v) is 4.89. The van der Waals surface area contributed by atoms with Gasteiger partial charge in [0.1, 0.15) is 16.8 Å². The summed E-state index contributed by atoms with van der Waals surface area (Å²) in [5.74, 6) is 1.59. The average molecular weight is 468 g/mol. The molecule has 1 unspecified atom stereocenters. The SMILES string of the molecule is CCC[C@@H](CCO)Nc1nc(N)nc2cnn(Cc3cnc(CN4CC5NC[C@H]54)cc3OC)c12. The molecule has 0 amide bonds. The minimum Gasteiger partial charge on any atom is -0.496 e. The third-order valence-corrected chi connectivity index (χ3v) is 6.82. The lowest BCUT2D eigenvalue weighted by molar-refractivity contribution is -0.0245. The number of piperazine rings is 1. The van der Waals surface area contributed by atoms with Crippen LogP contribution in [0.2, 0.25) is 0 Å². The van der Waals surface area contributed by atoms with Crippen molar-refractivity contribution in [3.05, 3.63) is 29.7 Å². The van der Waals surface area contributed by atoms with E-state index in [9.17, 15) is 5.11 Å². The van der Waals surface area contributed by atoms with Gasteiger partial charge in [-0.2, -0.15) is 10.1 Å². The number of methoxy groups -OCH3 is 1. The topological polar surface area (TPSA) is 139 Å². The molecule has 3 atom stereocenters. The second kappa shape index (κ2) is 9.69. The van der Waals surface area contributed by atoms with E-state index in [0.29, 0.717) is 36.4 Å². The Bertz CT molecular complexity index is 1140. The number of rotatable bonds is 11. The van der Waals surface area contributed by atoms with Crippen LogP contribution < -0.4 is 21.1 Å². The normalized spacial score (nSPS) is 20.4. The molecule has 11 nitrogen and oxygen atoms in total. The molecule has 3 aromatic heterocycles. The molecule has 0 saturated carbocycles. The van der Waals surface area contributed by atoms with Crippen LogP contribution in [0.15, 0.2) is 18.5 Å². The Morgan fingerprint density at radius 1 is 1.29 bits per heavy atom. The minimum atomic E-state index is 0.0818. The fraction of sp³-hybridized carbons (Fsp3) is 0.565. The molecule has 0 aliphatic carbocycles. The van der Waals surface area contributed by atoms with Crippen molar-refractivity contribution in [1.82, 2.24) is 34.9 Å². The van der Waals surface area contributed by atoms with E-state index in [0.717, 1.165) is 55.0 Å². The summed E-state index contributed by atoms with van der Waals surface area (Å²) in [7, 11) is 1.68. The first-order valence-corrected chi connectivity index (χ1v) is 11.9. The maximum Gasteiger partial charge on any atom is 0.222 e. The van der Waals surface area contributed by atoms with Crippen molar-refractivity contribution >= 4 is 22.8 Å². The Morgan fingerprint density at radius 3 is 2.85 bits per heavy atom. The number of ether oxygens (including phenoxy) is 1. The minimum absolute atomic E-state index is 0.0818. The molecular formula is C23H33N9O2. The number of aromatic nitrogens is 5. The summed E-state index contributed by atoms with van der Waals surface area (Å²) < 4.78 is 7.56. The number of nitrogen functional groups attached to an aromatic ring is 1. The maximum absolute atomic E-state index is 9.46. The van der Waals surface area contributed by atoms with Gasteiger partial charge in [0, 0.05) is 62.2 Å². The maximum atomic E-state index is 9.46. The molecule has 2 aliphatic rings. The molecule has 34 heavy (non-hydrogen) atoms. The zero-order valence-corrected chi connectivity index (χ0v) is 19.7. The average Bonchev–Trinajstić information content (AvgIpc) is 3.20. The highest BCUT2D eigenvalue weighted by atomic mass is 16.5. The van der Waals surface area contributed by atoms with Gasteiger partial charge in [0.15, 0.2) is 5.82 Å². The molecule has 2 fully saturated rings. The zero-order chi connectivity index (χ0) is 23.7. The standard InChI is InChI=1S/C23H33N9O2/c1-3-4-15(5-6-33)28-22-21-17(29-23(24)30-22)9-27-32(21)11-14-8-25-16(7-20(14)34-2)12-31-13-18-19(31)10-26-18/h7-9,15,18-19,26,33H,3-6,10-13H2,1-2H3,(H3,24,28,29,30)/t15-,18?,19+/m0/s1. The molecule has 182 valence electrons. The second-order valence-corrected chi connectivity index (χ2v) is 9.11. The van der Waals surface area contributed by atoms with E-state index in [1.54, 1.807) is 13.3 Å². The van der Waals surface area contributed by atoms with Crippen molar-refractivity contribution in [2.45, 2.75) is 57.4 Å². The van der Waals surface area contributed by atoms with Crippen LogP contribution in [0.3, 0.4) is 0 Å². The molecular weight excluding hydrogens is 434 g/mol. The number of likely N-dealkylation sites (tertiary alicyclic amines) is 1. The molecule has 0 radical (unpaired) electrons. The lowest BCUT2D eigenvalue weighted by Gasteiger charge is -2.56. The monoisotopic (exact) mass is 467 g/mol. The van der Waals surface area contributed by atoms with E-state index in [2.05, 4.69) is 37.5 Å². The first-order valence-electron chi connectivity index (χ1n) is 11.9. The van der Waals surface area contributed by atoms with Crippen LogP contribution in [0, 0.1) is 0 Å². The van der Waals surface area contributed by atoms with Gasteiger partial charge in [-0.15, -0.1) is 0 Å². The van der Waals surface area contributed by atoms with Crippen molar-refractivity contribution < 1.29 is 9.84 Å². The number of nitrogens with two attached hydrogens (primary N) is 1. The predicted octanol–water partition coefficient (Wildman–Crippen LogP) is 0.979. The predicted molar refractivity (Wildman–Crippen MR) is 130 cm³/mol. The summed E-state index contributed by atoms with van der Waals surface area (Å²) in [4.78, 5) is 16.0. The van der Waals surface area contributed by atoms with Crippen molar-refractivity contribution in [3.8, 4) is 5.75 Å². The van der Waals surface area contributed by atoms with Crippen LogP contribution in [0.25, 0.3) is 11.0 Å². The van der Waals surface area contributed by atoms with Gasteiger partial charge in [-0.1, -0.05) is 13.3 Å². The first-order chi connectivity index (χ1) is 16.6. The Kier molecular flexibility index (Phi) is 6.48. The summed E-state index contributed by atoms with van der Waals surface area (Å²) in [6.45, 7) is 5.64. The van der Waals surface area contributed by atoms with Crippen molar-refractivity contribution in [3.63, 3.8) is 0 Å². The van der Waals surface area contributed by atoms with Gasteiger partial charge in [-0.25, -0.2) is 4.98 Å². The van der Waals surface area contributed by atoms with Crippen molar-refractivity contribution in [2.75, 3.05) is 37.9 Å². The number of pyridine rings is 1. The molecule has 3 aromatic rings. The van der Waals surface area contributed by atoms with Crippen LogP contribution in [0.5, 0.6) is 5.75 Å². The summed E-state index contributed by atoms with van der Waals surface area (Å²) in [5, 5.41) is 20.9. The zero-order valence-electron chi connectivity index (χ0n) is 19.7. The van der Waals surface area contributed by atoms with E-state index in [1.807, 2.05) is 16.9 Å². The molecule has 0 bridgehead atoms. The largest absolute Gasteiger partial charge is 0.496 e.